The predicted octanol–water partition coefficient (Wildman–Crippen LogP) is 1.85. The Kier molecular flexibility index (Phi) is 5.81. The third-order valence-electron chi connectivity index (χ3n) is 5.67. The summed E-state index contributed by atoms with van der Waals surface area (Å²) >= 11 is 0. The molecule has 2 aliphatic rings. The van der Waals surface area contributed by atoms with E-state index in [0.29, 0.717) is 12.5 Å². The molecule has 2 N–H and O–H groups in total. The Morgan fingerprint density at radius 3 is 2.64 bits per heavy atom. The van der Waals surface area contributed by atoms with Crippen molar-refractivity contribution in [3.8, 4) is 5.75 Å². The summed E-state index contributed by atoms with van der Waals surface area (Å²) in [4.78, 5) is 14.6. The number of methoxy groups -OCH3 is 2. The quantitative estimate of drug-likeness (QED) is 0.853. The molecule has 0 saturated carbocycles. The van der Waals surface area contributed by atoms with Crippen molar-refractivity contribution in [1.29, 1.82) is 0 Å². The van der Waals surface area contributed by atoms with E-state index in [9.17, 15) is 4.79 Å². The summed E-state index contributed by atoms with van der Waals surface area (Å²) in [5.41, 5.74) is 1.27. The molecular formula is C19H29N3O3. The molecule has 1 atom stereocenters. The fraction of sp³-hybridized carbons (Fsp3) is 0.632. The van der Waals surface area contributed by atoms with Gasteiger partial charge in [-0.2, -0.15) is 0 Å². The fourth-order valence-corrected chi connectivity index (χ4v) is 4.14. The highest BCUT2D eigenvalue weighted by Crippen LogP contribution is 2.43. The predicted molar refractivity (Wildman–Crippen MR) is 96.7 cm³/mol. The van der Waals surface area contributed by atoms with Crippen LogP contribution in [0, 0.1) is 11.3 Å². The lowest BCUT2D eigenvalue weighted by Crippen LogP contribution is -2.44. The summed E-state index contributed by atoms with van der Waals surface area (Å²) in [6.45, 7) is 4.92. The standard InChI is InChI=1S/C19H29N3O3/c1-24-13-16-12-22(14-19(16)7-9-20-10-8-19)18(23)21-11-15-3-5-17(25-2)6-4-15/h3-6,16,20H,7-14H2,1-2H3,(H,21,23). The van der Waals surface area contributed by atoms with Gasteiger partial charge in [0, 0.05) is 32.7 Å². The van der Waals surface area contributed by atoms with E-state index in [-0.39, 0.29) is 11.4 Å². The Labute approximate surface area is 149 Å². The van der Waals surface area contributed by atoms with E-state index in [1.807, 2.05) is 29.2 Å². The molecule has 1 spiro atoms. The molecule has 6 nitrogen and oxygen atoms in total. The van der Waals surface area contributed by atoms with Gasteiger partial charge < -0.3 is 25.0 Å². The van der Waals surface area contributed by atoms with E-state index >= 15 is 0 Å². The number of ether oxygens (including phenoxy) is 2. The molecule has 2 fully saturated rings. The third-order valence-corrected chi connectivity index (χ3v) is 5.67. The van der Waals surface area contributed by atoms with E-state index in [0.717, 1.165) is 56.9 Å². The monoisotopic (exact) mass is 347 g/mol. The number of benzene rings is 1. The molecule has 2 aliphatic heterocycles. The van der Waals surface area contributed by atoms with Crippen LogP contribution in [-0.4, -0.2) is 57.9 Å². The number of urea groups is 1. The van der Waals surface area contributed by atoms with Crippen LogP contribution in [0.1, 0.15) is 18.4 Å². The van der Waals surface area contributed by atoms with Gasteiger partial charge in [0.1, 0.15) is 5.75 Å². The molecule has 2 amide bonds. The van der Waals surface area contributed by atoms with Gasteiger partial charge in [-0.1, -0.05) is 12.1 Å². The number of nitrogens with zero attached hydrogens (tertiary/aromatic N) is 1. The van der Waals surface area contributed by atoms with Gasteiger partial charge in [0.15, 0.2) is 0 Å². The molecule has 25 heavy (non-hydrogen) atoms. The van der Waals surface area contributed by atoms with Crippen molar-refractivity contribution in [2.75, 3.05) is 47.0 Å². The van der Waals surface area contributed by atoms with Crippen LogP contribution in [0.15, 0.2) is 24.3 Å². The molecule has 138 valence electrons. The molecule has 2 heterocycles. The number of carbonyl (C=O) groups is 1. The van der Waals surface area contributed by atoms with Crippen LogP contribution in [0.4, 0.5) is 4.79 Å². The van der Waals surface area contributed by atoms with E-state index < -0.39 is 0 Å². The zero-order valence-electron chi connectivity index (χ0n) is 15.2. The topological polar surface area (TPSA) is 62.8 Å². The summed E-state index contributed by atoms with van der Waals surface area (Å²) in [5, 5.41) is 6.48. The van der Waals surface area contributed by atoms with Crippen molar-refractivity contribution in [1.82, 2.24) is 15.5 Å². The van der Waals surface area contributed by atoms with Gasteiger partial charge in [-0.25, -0.2) is 4.79 Å². The van der Waals surface area contributed by atoms with Crippen LogP contribution in [0.25, 0.3) is 0 Å². The van der Waals surface area contributed by atoms with Gasteiger partial charge in [-0.15, -0.1) is 0 Å². The number of hydrogen-bond acceptors (Lipinski definition) is 4. The normalized spacial score (nSPS) is 22.2. The molecule has 0 bridgehead atoms. The smallest absolute Gasteiger partial charge is 0.317 e. The maximum absolute atomic E-state index is 12.7. The summed E-state index contributed by atoms with van der Waals surface area (Å²) in [6, 6.07) is 7.80. The van der Waals surface area contributed by atoms with Crippen molar-refractivity contribution < 1.29 is 14.3 Å². The highest BCUT2D eigenvalue weighted by Gasteiger charge is 2.48. The van der Waals surface area contributed by atoms with E-state index in [4.69, 9.17) is 9.47 Å². The molecular weight excluding hydrogens is 318 g/mol. The van der Waals surface area contributed by atoms with Crippen molar-refractivity contribution in [3.63, 3.8) is 0 Å². The number of nitrogens with one attached hydrogen (secondary N) is 2. The molecule has 1 aromatic rings. The molecule has 0 radical (unpaired) electrons. The van der Waals surface area contributed by atoms with Crippen molar-refractivity contribution in [2.24, 2.45) is 11.3 Å². The molecule has 0 aliphatic carbocycles. The van der Waals surface area contributed by atoms with Gasteiger partial charge in [0.05, 0.1) is 13.7 Å². The largest absolute Gasteiger partial charge is 0.497 e. The summed E-state index contributed by atoms with van der Waals surface area (Å²) in [6.07, 6.45) is 2.23. The van der Waals surface area contributed by atoms with Crippen molar-refractivity contribution in [2.45, 2.75) is 19.4 Å². The summed E-state index contributed by atoms with van der Waals surface area (Å²) in [5.74, 6) is 1.25. The number of rotatable bonds is 5. The minimum atomic E-state index is 0.0207. The Bertz CT molecular complexity index is 570. The molecule has 2 saturated heterocycles. The first kappa shape index (κ1) is 18.0. The molecule has 3 rings (SSSR count). The Morgan fingerprint density at radius 1 is 1.28 bits per heavy atom. The van der Waals surface area contributed by atoms with Gasteiger partial charge in [-0.05, 0) is 49.0 Å². The fourth-order valence-electron chi connectivity index (χ4n) is 4.14. The summed E-state index contributed by atoms with van der Waals surface area (Å²) in [7, 11) is 3.40. The lowest BCUT2D eigenvalue weighted by atomic mass is 9.71. The molecule has 1 unspecified atom stereocenters. The Morgan fingerprint density at radius 2 is 2.00 bits per heavy atom. The second-order valence-electron chi connectivity index (χ2n) is 7.15. The number of likely N-dealkylation sites (tertiary alicyclic amines) is 1. The van der Waals surface area contributed by atoms with Crippen LogP contribution in [0.3, 0.4) is 0 Å². The highest BCUT2D eigenvalue weighted by atomic mass is 16.5. The van der Waals surface area contributed by atoms with Crippen molar-refractivity contribution >= 4 is 6.03 Å². The van der Waals surface area contributed by atoms with Crippen LogP contribution < -0.4 is 15.4 Å². The maximum atomic E-state index is 12.7. The first-order chi connectivity index (χ1) is 12.2. The Hall–Kier alpha value is -1.79. The van der Waals surface area contributed by atoms with Gasteiger partial charge in [0.2, 0.25) is 0 Å². The van der Waals surface area contributed by atoms with Gasteiger partial charge >= 0.3 is 6.03 Å². The first-order valence-electron chi connectivity index (χ1n) is 9.02. The Balaban J connectivity index is 1.58. The number of amides is 2. The van der Waals surface area contributed by atoms with Crippen LogP contribution in [-0.2, 0) is 11.3 Å². The van der Waals surface area contributed by atoms with Gasteiger partial charge in [0.25, 0.3) is 0 Å². The van der Waals surface area contributed by atoms with Gasteiger partial charge in [-0.3, -0.25) is 0 Å². The first-order valence-corrected chi connectivity index (χ1v) is 9.02. The highest BCUT2D eigenvalue weighted by molar-refractivity contribution is 5.74. The van der Waals surface area contributed by atoms with Crippen LogP contribution >= 0.6 is 0 Å². The minimum absolute atomic E-state index is 0.0207. The average Bonchev–Trinajstić information content (AvgIpc) is 2.99. The lowest BCUT2D eigenvalue weighted by molar-refractivity contribution is 0.0717. The van der Waals surface area contributed by atoms with Crippen LogP contribution in [0.2, 0.25) is 0 Å². The minimum Gasteiger partial charge on any atom is -0.497 e. The number of hydrogen-bond donors (Lipinski definition) is 2. The molecule has 0 aromatic heterocycles. The second-order valence-corrected chi connectivity index (χ2v) is 7.15. The third kappa shape index (κ3) is 4.07. The van der Waals surface area contributed by atoms with E-state index in [1.165, 1.54) is 0 Å². The van der Waals surface area contributed by atoms with Crippen molar-refractivity contribution in [3.05, 3.63) is 29.8 Å². The van der Waals surface area contributed by atoms with E-state index in [2.05, 4.69) is 10.6 Å². The zero-order valence-corrected chi connectivity index (χ0v) is 15.2. The maximum Gasteiger partial charge on any atom is 0.317 e. The molecule has 1 aromatic carbocycles. The van der Waals surface area contributed by atoms with E-state index in [1.54, 1.807) is 14.2 Å². The second kappa shape index (κ2) is 8.06. The lowest BCUT2D eigenvalue weighted by Gasteiger charge is -2.38. The number of carbonyl (C=O) groups excluding carboxylic acids is 1. The average molecular weight is 347 g/mol. The zero-order chi connectivity index (χ0) is 17.7. The molecule has 6 heteroatoms. The number of piperidine rings is 1. The summed E-state index contributed by atoms with van der Waals surface area (Å²) < 4.78 is 10.6. The van der Waals surface area contributed by atoms with Crippen LogP contribution in [0.5, 0.6) is 5.75 Å². The SMILES string of the molecule is COCC1CN(C(=O)NCc2ccc(OC)cc2)CC12CCNCC2.